The third-order valence-electron chi connectivity index (χ3n) is 4.89. The van der Waals surface area contributed by atoms with Crippen LogP contribution in [0.4, 0.5) is 0 Å². The average Bonchev–Trinajstić information content (AvgIpc) is 2.89. The minimum absolute atomic E-state index is 0.0446. The molecule has 1 aromatic carbocycles. The van der Waals surface area contributed by atoms with Crippen LogP contribution in [0.15, 0.2) is 28.7 Å². The molecule has 1 aromatic rings. The number of amides is 1. The van der Waals surface area contributed by atoms with Crippen LogP contribution < -0.4 is 0 Å². The van der Waals surface area contributed by atoms with Crippen molar-refractivity contribution in [3.63, 3.8) is 0 Å². The van der Waals surface area contributed by atoms with Gasteiger partial charge < -0.3 is 4.90 Å². The average molecular weight is 379 g/mol. The van der Waals surface area contributed by atoms with Crippen LogP contribution in [0.2, 0.25) is 0 Å². The third kappa shape index (κ3) is 4.21. The molecular weight excluding hydrogens is 356 g/mol. The number of Topliss-reactive ketones (excluding diaryl/α,β-unsaturated/α-hetero) is 1. The number of nitrogens with zero attached hydrogens (tertiary/aromatic N) is 2. The van der Waals surface area contributed by atoms with Crippen molar-refractivity contribution < 1.29 is 9.59 Å². The Bertz CT molecular complexity index is 573. The zero-order valence-electron chi connectivity index (χ0n) is 13.3. The van der Waals surface area contributed by atoms with Crippen LogP contribution in [-0.2, 0) is 4.79 Å². The predicted octanol–water partition coefficient (Wildman–Crippen LogP) is 3.11. The normalized spacial score (nSPS) is 21.8. The van der Waals surface area contributed by atoms with Gasteiger partial charge in [0.25, 0.3) is 0 Å². The van der Waals surface area contributed by atoms with Gasteiger partial charge >= 0.3 is 0 Å². The summed E-state index contributed by atoms with van der Waals surface area (Å²) in [5, 5.41) is 0. The van der Waals surface area contributed by atoms with Gasteiger partial charge in [-0.25, -0.2) is 0 Å². The van der Waals surface area contributed by atoms with Crippen molar-refractivity contribution in [2.75, 3.05) is 26.2 Å². The molecule has 0 aliphatic carbocycles. The molecule has 23 heavy (non-hydrogen) atoms. The monoisotopic (exact) mass is 378 g/mol. The Morgan fingerprint density at radius 2 is 1.78 bits per heavy atom. The largest absolute Gasteiger partial charge is 0.341 e. The van der Waals surface area contributed by atoms with Gasteiger partial charge in [0, 0.05) is 48.6 Å². The van der Waals surface area contributed by atoms with E-state index < -0.39 is 0 Å². The second-order valence-electron chi connectivity index (χ2n) is 6.46. The molecule has 5 heteroatoms. The van der Waals surface area contributed by atoms with Gasteiger partial charge in [-0.3, -0.25) is 14.5 Å². The van der Waals surface area contributed by atoms with E-state index in [0.29, 0.717) is 24.4 Å². The highest BCUT2D eigenvalue weighted by molar-refractivity contribution is 9.10. The first-order chi connectivity index (χ1) is 11.1. The number of hydrogen-bond acceptors (Lipinski definition) is 3. The molecular formula is C18H23BrN2O2. The minimum Gasteiger partial charge on any atom is -0.341 e. The smallest absolute Gasteiger partial charge is 0.223 e. The van der Waals surface area contributed by atoms with Crippen LogP contribution in [0.1, 0.15) is 42.5 Å². The van der Waals surface area contributed by atoms with Crippen LogP contribution in [0.5, 0.6) is 0 Å². The molecule has 0 unspecified atom stereocenters. The zero-order valence-corrected chi connectivity index (χ0v) is 14.9. The summed E-state index contributed by atoms with van der Waals surface area (Å²) in [6, 6.07) is 7.86. The molecule has 0 spiro atoms. The molecule has 124 valence electrons. The fraction of sp³-hybridized carbons (Fsp3) is 0.556. The standard InChI is InChI=1S/C18H23BrN2O2/c19-15-6-4-14(5-7-15)17(22)8-9-18(23)21-12-2-11-20-10-1-3-16(20)13-21/h4-7,16H,1-3,8-13H2/t16-/m0/s1. The highest BCUT2D eigenvalue weighted by Crippen LogP contribution is 2.22. The third-order valence-corrected chi connectivity index (χ3v) is 5.42. The maximum Gasteiger partial charge on any atom is 0.223 e. The molecule has 2 aliphatic rings. The van der Waals surface area contributed by atoms with Gasteiger partial charge in [0.05, 0.1) is 0 Å². The number of ketones is 1. The first-order valence-corrected chi connectivity index (χ1v) is 9.23. The Morgan fingerprint density at radius 3 is 2.57 bits per heavy atom. The van der Waals surface area contributed by atoms with E-state index in [4.69, 9.17) is 0 Å². The van der Waals surface area contributed by atoms with Gasteiger partial charge in [0.2, 0.25) is 5.91 Å². The number of rotatable bonds is 4. The summed E-state index contributed by atoms with van der Waals surface area (Å²) in [5.41, 5.74) is 0.679. The van der Waals surface area contributed by atoms with E-state index in [1.165, 1.54) is 19.4 Å². The first kappa shape index (κ1) is 16.7. The summed E-state index contributed by atoms with van der Waals surface area (Å²) in [7, 11) is 0. The van der Waals surface area contributed by atoms with Crippen molar-refractivity contribution in [1.82, 2.24) is 9.80 Å². The molecule has 2 fully saturated rings. The lowest BCUT2D eigenvalue weighted by molar-refractivity contribution is -0.131. The lowest BCUT2D eigenvalue weighted by atomic mass is 10.1. The van der Waals surface area contributed by atoms with Gasteiger partial charge in [0.15, 0.2) is 5.78 Å². The van der Waals surface area contributed by atoms with E-state index in [2.05, 4.69) is 20.8 Å². The van der Waals surface area contributed by atoms with Crippen molar-refractivity contribution in [3.8, 4) is 0 Å². The minimum atomic E-state index is 0.0446. The van der Waals surface area contributed by atoms with E-state index in [0.717, 1.165) is 30.5 Å². The summed E-state index contributed by atoms with van der Waals surface area (Å²) in [6.45, 7) is 3.95. The number of fused-ring (bicyclic) bond motifs is 1. The van der Waals surface area contributed by atoms with E-state index in [-0.39, 0.29) is 11.7 Å². The van der Waals surface area contributed by atoms with Gasteiger partial charge in [-0.2, -0.15) is 0 Å². The Morgan fingerprint density at radius 1 is 1.04 bits per heavy atom. The van der Waals surface area contributed by atoms with E-state index >= 15 is 0 Å². The van der Waals surface area contributed by atoms with Gasteiger partial charge in [-0.15, -0.1) is 0 Å². The number of carbonyl (C=O) groups is 2. The van der Waals surface area contributed by atoms with Gasteiger partial charge in [-0.05, 0) is 37.9 Å². The van der Waals surface area contributed by atoms with Crippen LogP contribution in [0.25, 0.3) is 0 Å². The lowest BCUT2D eigenvalue weighted by Crippen LogP contribution is -2.39. The quantitative estimate of drug-likeness (QED) is 0.755. The summed E-state index contributed by atoms with van der Waals surface area (Å²) in [5.74, 6) is 0.173. The fourth-order valence-corrected chi connectivity index (χ4v) is 3.86. The second-order valence-corrected chi connectivity index (χ2v) is 7.37. The van der Waals surface area contributed by atoms with Crippen molar-refractivity contribution in [3.05, 3.63) is 34.3 Å². The molecule has 1 atom stereocenters. The summed E-state index contributed by atoms with van der Waals surface area (Å²) >= 11 is 3.36. The molecule has 0 saturated carbocycles. The number of benzene rings is 1. The molecule has 2 saturated heterocycles. The Balaban J connectivity index is 1.52. The number of halogens is 1. The van der Waals surface area contributed by atoms with Crippen LogP contribution in [0.3, 0.4) is 0 Å². The highest BCUT2D eigenvalue weighted by Gasteiger charge is 2.30. The molecule has 0 radical (unpaired) electrons. The Hall–Kier alpha value is -1.20. The Kier molecular flexibility index (Phi) is 5.49. The van der Waals surface area contributed by atoms with E-state index in [1.807, 2.05) is 17.0 Å². The molecule has 2 aliphatic heterocycles. The summed E-state index contributed by atoms with van der Waals surface area (Å²) < 4.78 is 0.954. The van der Waals surface area contributed by atoms with Crippen molar-refractivity contribution in [2.24, 2.45) is 0 Å². The van der Waals surface area contributed by atoms with Crippen molar-refractivity contribution in [1.29, 1.82) is 0 Å². The molecule has 0 N–H and O–H groups in total. The maximum atomic E-state index is 12.5. The SMILES string of the molecule is O=C(CCC(=O)N1CCCN2CCC[C@H]2C1)c1ccc(Br)cc1. The fourth-order valence-electron chi connectivity index (χ4n) is 3.59. The Labute approximate surface area is 146 Å². The maximum absolute atomic E-state index is 12.5. The summed E-state index contributed by atoms with van der Waals surface area (Å²) in [4.78, 5) is 29.2. The van der Waals surface area contributed by atoms with E-state index in [9.17, 15) is 9.59 Å². The molecule has 1 amide bonds. The molecule has 0 aromatic heterocycles. The highest BCUT2D eigenvalue weighted by atomic mass is 79.9. The van der Waals surface area contributed by atoms with E-state index in [1.54, 1.807) is 12.1 Å². The molecule has 0 bridgehead atoms. The molecule has 4 nitrogen and oxygen atoms in total. The number of hydrogen-bond donors (Lipinski definition) is 0. The lowest BCUT2D eigenvalue weighted by Gasteiger charge is -2.25. The molecule has 2 heterocycles. The van der Waals surface area contributed by atoms with Gasteiger partial charge in [-0.1, -0.05) is 28.1 Å². The topological polar surface area (TPSA) is 40.6 Å². The van der Waals surface area contributed by atoms with Gasteiger partial charge in [0.1, 0.15) is 0 Å². The number of carbonyl (C=O) groups excluding carboxylic acids is 2. The predicted molar refractivity (Wildman–Crippen MR) is 93.5 cm³/mol. The zero-order chi connectivity index (χ0) is 16.2. The van der Waals surface area contributed by atoms with Crippen LogP contribution >= 0.6 is 15.9 Å². The second kappa shape index (κ2) is 7.58. The van der Waals surface area contributed by atoms with Crippen molar-refractivity contribution >= 4 is 27.6 Å². The van der Waals surface area contributed by atoms with Crippen LogP contribution in [-0.4, -0.2) is 53.7 Å². The summed E-state index contributed by atoms with van der Waals surface area (Å²) in [6.07, 6.45) is 4.10. The van der Waals surface area contributed by atoms with Crippen molar-refractivity contribution in [2.45, 2.75) is 38.1 Å². The van der Waals surface area contributed by atoms with Crippen LogP contribution in [0, 0.1) is 0 Å². The first-order valence-electron chi connectivity index (χ1n) is 8.44. The molecule has 3 rings (SSSR count).